The van der Waals surface area contributed by atoms with Gasteiger partial charge < -0.3 is 28.7 Å². The smallest absolute Gasteiger partial charge is 0.257 e. The van der Waals surface area contributed by atoms with Gasteiger partial charge in [0.2, 0.25) is 5.75 Å². The van der Waals surface area contributed by atoms with Gasteiger partial charge in [-0.15, -0.1) is 0 Å². The highest BCUT2D eigenvalue weighted by Crippen LogP contribution is 2.38. The first-order chi connectivity index (χ1) is 17.8. The van der Waals surface area contributed by atoms with Crippen LogP contribution in [0.3, 0.4) is 0 Å². The molecule has 0 aliphatic carbocycles. The predicted octanol–water partition coefficient (Wildman–Crippen LogP) is 2.29. The number of rotatable bonds is 7. The maximum Gasteiger partial charge on any atom is 0.257 e. The van der Waals surface area contributed by atoms with E-state index in [-0.39, 0.29) is 17.6 Å². The number of morpholine rings is 1. The van der Waals surface area contributed by atoms with E-state index in [2.05, 4.69) is 4.90 Å². The quantitative estimate of drug-likeness (QED) is 0.555. The predicted molar refractivity (Wildman–Crippen MR) is 130 cm³/mol. The van der Waals surface area contributed by atoms with Crippen LogP contribution in [0.4, 0.5) is 8.78 Å². The van der Waals surface area contributed by atoms with E-state index in [0.29, 0.717) is 81.3 Å². The average Bonchev–Trinajstić information content (AvgIpc) is 2.92. The molecule has 0 saturated carbocycles. The zero-order chi connectivity index (χ0) is 26.5. The third kappa shape index (κ3) is 5.94. The molecule has 2 fully saturated rings. The first-order valence-electron chi connectivity index (χ1n) is 12.0. The van der Waals surface area contributed by atoms with Crippen molar-refractivity contribution in [1.82, 2.24) is 14.7 Å². The summed E-state index contributed by atoms with van der Waals surface area (Å²) in [4.78, 5) is 31.4. The van der Waals surface area contributed by atoms with Gasteiger partial charge in [-0.2, -0.15) is 0 Å². The van der Waals surface area contributed by atoms with Gasteiger partial charge in [-0.25, -0.2) is 8.78 Å². The molecule has 2 saturated heterocycles. The van der Waals surface area contributed by atoms with Crippen LogP contribution in [0.1, 0.15) is 20.7 Å². The highest BCUT2D eigenvalue weighted by molar-refractivity contribution is 5.96. The second-order valence-electron chi connectivity index (χ2n) is 8.87. The zero-order valence-corrected chi connectivity index (χ0v) is 21.2. The number of carbonyl (C=O) groups excluding carboxylic acids is 2. The van der Waals surface area contributed by atoms with Gasteiger partial charge >= 0.3 is 0 Å². The Morgan fingerprint density at radius 2 is 1.57 bits per heavy atom. The molecule has 0 bridgehead atoms. The number of benzene rings is 2. The van der Waals surface area contributed by atoms with Crippen LogP contribution in [-0.4, -0.2) is 106 Å². The van der Waals surface area contributed by atoms with Crippen LogP contribution in [-0.2, 0) is 4.74 Å². The lowest BCUT2D eigenvalue weighted by Crippen LogP contribution is -2.54. The van der Waals surface area contributed by atoms with Gasteiger partial charge in [-0.3, -0.25) is 14.5 Å². The summed E-state index contributed by atoms with van der Waals surface area (Å²) >= 11 is 0. The fourth-order valence-electron chi connectivity index (χ4n) is 4.66. The summed E-state index contributed by atoms with van der Waals surface area (Å²) in [5, 5.41) is 0. The molecule has 2 amide bonds. The Bertz CT molecular complexity index is 1110. The van der Waals surface area contributed by atoms with E-state index in [1.807, 2.05) is 0 Å². The van der Waals surface area contributed by atoms with Crippen molar-refractivity contribution in [3.8, 4) is 17.2 Å². The number of hydrogen-bond donors (Lipinski definition) is 0. The molecule has 2 aliphatic heterocycles. The van der Waals surface area contributed by atoms with E-state index in [0.717, 1.165) is 6.07 Å². The molecule has 4 rings (SSSR count). The molecule has 0 unspecified atom stereocenters. The molecule has 2 aromatic carbocycles. The third-order valence-electron chi connectivity index (χ3n) is 6.62. The lowest BCUT2D eigenvalue weighted by molar-refractivity contribution is -0.0401. The Hall–Kier alpha value is -3.44. The van der Waals surface area contributed by atoms with Gasteiger partial charge in [0.1, 0.15) is 11.6 Å². The van der Waals surface area contributed by atoms with Crippen molar-refractivity contribution < 1.29 is 37.3 Å². The summed E-state index contributed by atoms with van der Waals surface area (Å²) < 4.78 is 49.2. The maximum atomic E-state index is 14.1. The first-order valence-corrected chi connectivity index (χ1v) is 12.0. The van der Waals surface area contributed by atoms with E-state index in [1.165, 1.54) is 32.3 Å². The Morgan fingerprint density at radius 1 is 0.892 bits per heavy atom. The largest absolute Gasteiger partial charge is 0.493 e. The van der Waals surface area contributed by atoms with Crippen molar-refractivity contribution >= 4 is 11.8 Å². The minimum Gasteiger partial charge on any atom is -0.493 e. The summed E-state index contributed by atoms with van der Waals surface area (Å²) in [6.45, 7) is 3.86. The van der Waals surface area contributed by atoms with E-state index >= 15 is 0 Å². The van der Waals surface area contributed by atoms with Gasteiger partial charge in [0.15, 0.2) is 11.5 Å². The highest BCUT2D eigenvalue weighted by atomic mass is 19.1. The molecule has 11 heteroatoms. The summed E-state index contributed by atoms with van der Waals surface area (Å²) in [6.07, 6.45) is -0.251. The van der Waals surface area contributed by atoms with Crippen molar-refractivity contribution in [1.29, 1.82) is 0 Å². The molecule has 37 heavy (non-hydrogen) atoms. The van der Waals surface area contributed by atoms with Crippen LogP contribution < -0.4 is 14.2 Å². The lowest BCUT2D eigenvalue weighted by Gasteiger charge is -2.39. The fourth-order valence-corrected chi connectivity index (χ4v) is 4.66. The number of ether oxygens (including phenoxy) is 4. The molecule has 2 heterocycles. The SMILES string of the molecule is COc1cc(C(=O)N2CCN(C[C@H]3CN(C(=O)c4ccc(F)cc4F)CCO3)CC2)cc(OC)c1OC. The van der Waals surface area contributed by atoms with Crippen molar-refractivity contribution in [2.45, 2.75) is 6.10 Å². The Morgan fingerprint density at radius 3 is 2.16 bits per heavy atom. The van der Waals surface area contributed by atoms with Gasteiger partial charge in [0.05, 0.1) is 39.6 Å². The fraction of sp³-hybridized carbons (Fsp3) is 0.462. The summed E-state index contributed by atoms with van der Waals surface area (Å²) in [5.41, 5.74) is 0.293. The van der Waals surface area contributed by atoms with E-state index in [1.54, 1.807) is 17.0 Å². The van der Waals surface area contributed by atoms with Crippen LogP contribution in [0.2, 0.25) is 0 Å². The second kappa shape index (κ2) is 11.7. The summed E-state index contributed by atoms with van der Waals surface area (Å²) in [6, 6.07) is 6.24. The van der Waals surface area contributed by atoms with Crippen LogP contribution >= 0.6 is 0 Å². The number of amides is 2. The van der Waals surface area contributed by atoms with Crippen LogP contribution in [0.5, 0.6) is 17.2 Å². The van der Waals surface area contributed by atoms with Gasteiger partial charge in [-0.1, -0.05) is 0 Å². The molecule has 9 nitrogen and oxygen atoms in total. The molecule has 0 N–H and O–H groups in total. The monoisotopic (exact) mass is 519 g/mol. The lowest BCUT2D eigenvalue weighted by atomic mass is 10.1. The molecule has 0 radical (unpaired) electrons. The molecule has 0 aromatic heterocycles. The first kappa shape index (κ1) is 26.6. The number of methoxy groups -OCH3 is 3. The molecular weight excluding hydrogens is 488 g/mol. The molecule has 2 aliphatic rings. The minimum absolute atomic E-state index is 0.133. The summed E-state index contributed by atoms with van der Waals surface area (Å²) in [7, 11) is 4.51. The van der Waals surface area contributed by atoms with Crippen LogP contribution in [0.15, 0.2) is 30.3 Å². The number of piperazine rings is 1. The highest BCUT2D eigenvalue weighted by Gasteiger charge is 2.30. The minimum atomic E-state index is -0.874. The van der Waals surface area contributed by atoms with E-state index in [9.17, 15) is 18.4 Å². The number of carbonyl (C=O) groups is 2. The molecular formula is C26H31F2N3O6. The van der Waals surface area contributed by atoms with Gasteiger partial charge in [-0.05, 0) is 24.3 Å². The molecule has 200 valence electrons. The van der Waals surface area contributed by atoms with Crippen molar-refractivity contribution in [2.24, 2.45) is 0 Å². The number of halogens is 2. The Balaban J connectivity index is 1.33. The average molecular weight is 520 g/mol. The number of nitrogens with zero attached hydrogens (tertiary/aromatic N) is 3. The van der Waals surface area contributed by atoms with Gasteiger partial charge in [0, 0.05) is 57.4 Å². The van der Waals surface area contributed by atoms with Crippen molar-refractivity contribution in [3.63, 3.8) is 0 Å². The van der Waals surface area contributed by atoms with E-state index in [4.69, 9.17) is 18.9 Å². The van der Waals surface area contributed by atoms with E-state index < -0.39 is 17.5 Å². The topological polar surface area (TPSA) is 80.8 Å². The molecule has 2 aromatic rings. The third-order valence-corrected chi connectivity index (χ3v) is 6.62. The standard InChI is InChI=1S/C26H31F2N3O6/c1-34-22-12-17(13-23(35-2)24(22)36-3)25(32)30-8-6-29(7-9-30)15-19-16-31(10-11-37-19)26(33)20-5-4-18(27)14-21(20)28/h4-5,12-14,19H,6-11,15-16H2,1-3H3/t19-/m0/s1. The van der Waals surface area contributed by atoms with Crippen molar-refractivity contribution in [3.05, 3.63) is 53.1 Å². The number of hydrogen-bond acceptors (Lipinski definition) is 7. The van der Waals surface area contributed by atoms with Crippen LogP contribution in [0, 0.1) is 11.6 Å². The maximum absolute atomic E-state index is 14.1. The molecule has 1 atom stereocenters. The normalized spacial score (nSPS) is 18.5. The summed E-state index contributed by atoms with van der Waals surface area (Å²) in [5.74, 6) is -0.959. The van der Waals surface area contributed by atoms with Crippen molar-refractivity contribution in [2.75, 3.05) is 73.7 Å². The zero-order valence-electron chi connectivity index (χ0n) is 21.2. The Labute approximate surface area is 214 Å². The van der Waals surface area contributed by atoms with Crippen LogP contribution in [0.25, 0.3) is 0 Å². The van der Waals surface area contributed by atoms with Gasteiger partial charge in [0.25, 0.3) is 11.8 Å². The molecule has 0 spiro atoms. The second-order valence-corrected chi connectivity index (χ2v) is 8.87. The Kier molecular flexibility index (Phi) is 8.45.